The van der Waals surface area contributed by atoms with Gasteiger partial charge < -0.3 is 19.2 Å². The van der Waals surface area contributed by atoms with E-state index in [0.717, 1.165) is 23.3 Å². The van der Waals surface area contributed by atoms with Crippen LogP contribution in [-0.4, -0.2) is 22.6 Å². The molecule has 7 nitrogen and oxygen atoms in total. The van der Waals surface area contributed by atoms with Crippen molar-refractivity contribution < 1.29 is 31.9 Å². The number of amides is 1. The molecule has 38 heavy (non-hydrogen) atoms. The Morgan fingerprint density at radius 1 is 0.868 bits per heavy atom. The average molecular weight is 524 g/mol. The summed E-state index contributed by atoms with van der Waals surface area (Å²) in [6.45, 7) is 1.48. The molecule has 2 heterocycles. The van der Waals surface area contributed by atoms with Crippen LogP contribution in [0.3, 0.4) is 0 Å². The summed E-state index contributed by atoms with van der Waals surface area (Å²) in [6.07, 6.45) is -3.10. The Morgan fingerprint density at radius 2 is 1.58 bits per heavy atom. The zero-order valence-corrected chi connectivity index (χ0v) is 20.2. The van der Waals surface area contributed by atoms with Crippen LogP contribution in [0, 0.1) is 0 Å². The van der Waals surface area contributed by atoms with E-state index < -0.39 is 11.7 Å². The Hall–Kier alpha value is -4.31. The predicted octanol–water partition coefficient (Wildman–Crippen LogP) is 5.55. The van der Waals surface area contributed by atoms with Gasteiger partial charge in [0.05, 0.1) is 12.1 Å². The number of alkyl halides is 3. The predicted molar refractivity (Wildman–Crippen MR) is 131 cm³/mol. The van der Waals surface area contributed by atoms with E-state index in [1.807, 2.05) is 53.4 Å². The van der Waals surface area contributed by atoms with Crippen molar-refractivity contribution in [3.8, 4) is 11.5 Å². The van der Waals surface area contributed by atoms with Gasteiger partial charge >= 0.3 is 6.18 Å². The first-order valence-corrected chi connectivity index (χ1v) is 11.9. The molecule has 0 radical (unpaired) electrons. The van der Waals surface area contributed by atoms with Crippen molar-refractivity contribution >= 4 is 5.91 Å². The third-order valence-corrected chi connectivity index (χ3v) is 5.97. The molecular weight excluding hydrogens is 499 g/mol. The third kappa shape index (κ3) is 6.33. The number of carbonyl (C=O) groups excluding carboxylic acids is 1. The first-order valence-electron chi connectivity index (χ1n) is 11.9. The number of carbonyl (C=O) groups is 1. The molecule has 0 saturated heterocycles. The minimum atomic E-state index is -4.40. The highest BCUT2D eigenvalue weighted by Gasteiger charge is 2.30. The lowest BCUT2D eigenvalue weighted by atomic mass is 10.1. The molecule has 0 aliphatic carbocycles. The number of oxazole rings is 1. The number of halogens is 3. The number of nitrogens with zero attached hydrogens (tertiary/aromatic N) is 2. The van der Waals surface area contributed by atoms with Crippen LogP contribution in [0.15, 0.2) is 83.5 Å². The van der Waals surface area contributed by atoms with Gasteiger partial charge in [0.2, 0.25) is 12.7 Å². The summed E-state index contributed by atoms with van der Waals surface area (Å²) < 4.78 is 55.4. The minimum absolute atomic E-state index is 0.147. The lowest BCUT2D eigenvalue weighted by Crippen LogP contribution is -2.24. The maximum atomic E-state index is 13.0. The summed E-state index contributed by atoms with van der Waals surface area (Å²) in [5.74, 6) is 1.23. The van der Waals surface area contributed by atoms with Crippen molar-refractivity contribution in [1.29, 1.82) is 0 Å². The smallest absolute Gasteiger partial charge is 0.416 e. The standard InChI is InChI=1S/C28H24F3N3O4/c29-28(30,31)22-9-6-20(7-10-22)14-34(15-21-8-11-24-25(12-21)38-18-37-24)16-26-33-23(17-36-26)27(35)32-13-19-4-2-1-3-5-19/h1-12,17H,13-16,18H2,(H,32,35). The number of hydrogen-bond acceptors (Lipinski definition) is 6. The molecule has 3 aromatic carbocycles. The Balaban J connectivity index is 1.29. The molecule has 1 amide bonds. The Morgan fingerprint density at radius 3 is 2.34 bits per heavy atom. The fraction of sp³-hybridized carbons (Fsp3) is 0.214. The Labute approximate surface area is 216 Å². The zero-order valence-electron chi connectivity index (χ0n) is 20.2. The quantitative estimate of drug-likeness (QED) is 0.310. The summed E-state index contributed by atoms with van der Waals surface area (Å²) in [7, 11) is 0. The van der Waals surface area contributed by atoms with E-state index >= 15 is 0 Å². The van der Waals surface area contributed by atoms with Crippen LogP contribution in [0.25, 0.3) is 0 Å². The lowest BCUT2D eigenvalue weighted by molar-refractivity contribution is -0.137. The SMILES string of the molecule is O=C(NCc1ccccc1)c1coc(CN(Cc2ccc(C(F)(F)F)cc2)Cc2ccc3c(c2)OCO3)n1. The van der Waals surface area contributed by atoms with E-state index in [4.69, 9.17) is 13.9 Å². The van der Waals surface area contributed by atoms with Crippen LogP contribution in [0.2, 0.25) is 0 Å². The number of fused-ring (bicyclic) bond motifs is 1. The monoisotopic (exact) mass is 523 g/mol. The molecule has 1 N–H and O–H groups in total. The normalized spacial score (nSPS) is 12.6. The van der Waals surface area contributed by atoms with Crippen molar-refractivity contribution in [3.05, 3.63) is 113 Å². The molecule has 0 atom stereocenters. The highest BCUT2D eigenvalue weighted by Crippen LogP contribution is 2.33. The first kappa shape index (κ1) is 25.3. The van der Waals surface area contributed by atoms with E-state index in [1.54, 1.807) is 0 Å². The van der Waals surface area contributed by atoms with Crippen LogP contribution >= 0.6 is 0 Å². The summed E-state index contributed by atoms with van der Waals surface area (Å²) in [6, 6.07) is 20.1. The van der Waals surface area contributed by atoms with E-state index in [9.17, 15) is 18.0 Å². The molecule has 1 aliphatic heterocycles. The summed E-state index contributed by atoms with van der Waals surface area (Å²) in [4.78, 5) is 18.8. The molecule has 1 aliphatic rings. The van der Waals surface area contributed by atoms with Crippen molar-refractivity contribution in [1.82, 2.24) is 15.2 Å². The highest BCUT2D eigenvalue weighted by molar-refractivity contribution is 5.91. The molecule has 1 aromatic heterocycles. The maximum absolute atomic E-state index is 13.0. The minimum Gasteiger partial charge on any atom is -0.454 e. The Bertz CT molecular complexity index is 1390. The van der Waals surface area contributed by atoms with Gasteiger partial charge in [-0.15, -0.1) is 0 Å². The molecule has 0 unspecified atom stereocenters. The largest absolute Gasteiger partial charge is 0.454 e. The van der Waals surface area contributed by atoms with Crippen LogP contribution in [-0.2, 0) is 32.4 Å². The number of rotatable bonds is 9. The van der Waals surface area contributed by atoms with Crippen molar-refractivity contribution in [3.63, 3.8) is 0 Å². The second-order valence-electron chi connectivity index (χ2n) is 8.82. The summed E-state index contributed by atoms with van der Waals surface area (Å²) in [5.41, 5.74) is 1.99. The van der Waals surface area contributed by atoms with E-state index in [-0.39, 0.29) is 24.9 Å². The van der Waals surface area contributed by atoms with Crippen molar-refractivity contribution in [2.75, 3.05) is 6.79 Å². The van der Waals surface area contributed by atoms with Gasteiger partial charge in [-0.2, -0.15) is 13.2 Å². The maximum Gasteiger partial charge on any atom is 0.416 e. The van der Waals surface area contributed by atoms with Gasteiger partial charge in [-0.25, -0.2) is 4.98 Å². The molecule has 0 bridgehead atoms. The van der Waals surface area contributed by atoms with Gasteiger partial charge in [-0.05, 0) is 41.0 Å². The van der Waals surface area contributed by atoms with Gasteiger partial charge in [0.25, 0.3) is 5.91 Å². The fourth-order valence-electron chi connectivity index (χ4n) is 4.07. The highest BCUT2D eigenvalue weighted by atomic mass is 19.4. The molecular formula is C28H24F3N3O4. The van der Waals surface area contributed by atoms with Crippen molar-refractivity contribution in [2.24, 2.45) is 0 Å². The molecule has 0 saturated carbocycles. The summed E-state index contributed by atoms with van der Waals surface area (Å²) in [5, 5.41) is 2.81. The number of ether oxygens (including phenoxy) is 2. The van der Waals surface area contributed by atoms with Crippen LogP contribution in [0.4, 0.5) is 13.2 Å². The lowest BCUT2D eigenvalue weighted by Gasteiger charge is -2.21. The van der Waals surface area contributed by atoms with Gasteiger partial charge in [-0.1, -0.05) is 48.5 Å². The van der Waals surface area contributed by atoms with Gasteiger partial charge in [0.1, 0.15) is 6.26 Å². The molecule has 4 aromatic rings. The average Bonchev–Trinajstić information content (AvgIpc) is 3.57. The first-order chi connectivity index (χ1) is 18.3. The van der Waals surface area contributed by atoms with Crippen LogP contribution in [0.1, 0.15) is 38.6 Å². The Kier molecular flexibility index (Phi) is 7.32. The topological polar surface area (TPSA) is 76.8 Å². The van der Waals surface area contributed by atoms with E-state index in [0.29, 0.717) is 42.6 Å². The number of aromatic nitrogens is 1. The number of hydrogen-bond donors (Lipinski definition) is 1. The zero-order chi connectivity index (χ0) is 26.5. The molecule has 5 rings (SSSR count). The molecule has 0 spiro atoms. The van der Waals surface area contributed by atoms with Crippen molar-refractivity contribution in [2.45, 2.75) is 32.4 Å². The van der Waals surface area contributed by atoms with Crippen LogP contribution < -0.4 is 14.8 Å². The van der Waals surface area contributed by atoms with Gasteiger partial charge in [0.15, 0.2) is 17.2 Å². The van der Waals surface area contributed by atoms with Gasteiger partial charge in [0, 0.05) is 19.6 Å². The molecule has 196 valence electrons. The molecule has 10 heteroatoms. The second kappa shape index (κ2) is 11.0. The third-order valence-electron chi connectivity index (χ3n) is 5.97. The number of benzene rings is 3. The van der Waals surface area contributed by atoms with Gasteiger partial charge in [-0.3, -0.25) is 9.69 Å². The van der Waals surface area contributed by atoms with E-state index in [2.05, 4.69) is 10.3 Å². The fourth-order valence-corrected chi connectivity index (χ4v) is 4.07. The molecule has 0 fully saturated rings. The number of nitrogens with one attached hydrogen (secondary N) is 1. The summed E-state index contributed by atoms with van der Waals surface area (Å²) >= 11 is 0. The second-order valence-corrected chi connectivity index (χ2v) is 8.82. The van der Waals surface area contributed by atoms with Crippen LogP contribution in [0.5, 0.6) is 11.5 Å². The van der Waals surface area contributed by atoms with E-state index in [1.165, 1.54) is 18.4 Å².